The lowest BCUT2D eigenvalue weighted by molar-refractivity contribution is -0.121. The van der Waals surface area contributed by atoms with Crippen LogP contribution in [-0.2, 0) is 9.53 Å². The van der Waals surface area contributed by atoms with E-state index >= 15 is 0 Å². The molecule has 2 saturated heterocycles. The van der Waals surface area contributed by atoms with E-state index in [0.29, 0.717) is 31.1 Å². The maximum Gasteiger partial charge on any atom is 0.415 e. The Labute approximate surface area is 146 Å². The zero-order valence-corrected chi connectivity index (χ0v) is 14.2. The van der Waals surface area contributed by atoms with Crippen LogP contribution in [0.4, 0.5) is 16.2 Å². The summed E-state index contributed by atoms with van der Waals surface area (Å²) < 4.78 is 11.2. The molecule has 1 aromatic rings. The fourth-order valence-corrected chi connectivity index (χ4v) is 3.66. The predicted octanol–water partition coefficient (Wildman–Crippen LogP) is 0.400. The molecule has 3 aliphatic heterocycles. The summed E-state index contributed by atoms with van der Waals surface area (Å²) in [6.45, 7) is 5.44. The maximum absolute atomic E-state index is 12.4. The Bertz CT molecular complexity index is 710. The molecule has 2 atom stereocenters. The summed E-state index contributed by atoms with van der Waals surface area (Å²) in [5, 5.41) is 0. The molecule has 0 aromatic heterocycles. The van der Waals surface area contributed by atoms with E-state index < -0.39 is 6.09 Å². The van der Waals surface area contributed by atoms with Crippen molar-refractivity contribution in [2.45, 2.75) is 19.1 Å². The number of amides is 2. The first kappa shape index (κ1) is 16.2. The van der Waals surface area contributed by atoms with E-state index in [9.17, 15) is 9.59 Å². The van der Waals surface area contributed by atoms with Gasteiger partial charge in [-0.2, -0.15) is 0 Å². The van der Waals surface area contributed by atoms with Crippen LogP contribution >= 0.6 is 0 Å². The van der Waals surface area contributed by atoms with Crippen molar-refractivity contribution < 1.29 is 19.1 Å². The van der Waals surface area contributed by atoms with E-state index in [0.717, 1.165) is 18.8 Å². The van der Waals surface area contributed by atoms with Crippen molar-refractivity contribution in [3.63, 3.8) is 0 Å². The fourth-order valence-electron chi connectivity index (χ4n) is 3.66. The highest BCUT2D eigenvalue weighted by atomic mass is 16.6. The minimum Gasteiger partial charge on any atom is -0.489 e. The van der Waals surface area contributed by atoms with Crippen LogP contribution in [0.5, 0.6) is 5.75 Å². The molecule has 0 radical (unpaired) electrons. The van der Waals surface area contributed by atoms with Gasteiger partial charge in [-0.25, -0.2) is 4.79 Å². The van der Waals surface area contributed by atoms with Crippen LogP contribution in [0, 0.1) is 0 Å². The molecule has 3 heterocycles. The number of cyclic esters (lactones) is 1. The normalized spacial score (nSPS) is 26.2. The van der Waals surface area contributed by atoms with Crippen molar-refractivity contribution in [1.82, 2.24) is 4.90 Å². The van der Waals surface area contributed by atoms with Gasteiger partial charge in [0, 0.05) is 31.4 Å². The second-order valence-corrected chi connectivity index (χ2v) is 6.47. The largest absolute Gasteiger partial charge is 0.489 e. The van der Waals surface area contributed by atoms with Gasteiger partial charge in [-0.1, -0.05) is 6.92 Å². The number of benzene rings is 1. The van der Waals surface area contributed by atoms with Crippen LogP contribution < -0.4 is 20.3 Å². The lowest BCUT2D eigenvalue weighted by Gasteiger charge is -2.35. The van der Waals surface area contributed by atoms with Crippen LogP contribution in [0.25, 0.3) is 0 Å². The van der Waals surface area contributed by atoms with Gasteiger partial charge < -0.3 is 20.1 Å². The van der Waals surface area contributed by atoms with E-state index in [1.165, 1.54) is 0 Å². The van der Waals surface area contributed by atoms with Gasteiger partial charge >= 0.3 is 6.09 Å². The summed E-state index contributed by atoms with van der Waals surface area (Å²) in [6, 6.07) is 5.29. The number of carbonyl (C=O) groups is 2. The molecule has 0 spiro atoms. The van der Waals surface area contributed by atoms with Gasteiger partial charge in [-0.3, -0.25) is 14.6 Å². The SMILES string of the molecule is CCN1CCN(c2ccc3c(c2)OC[C@H]2[C@H](CN)OC(=O)N32)C(=O)C1. The molecule has 1 aromatic carbocycles. The highest BCUT2D eigenvalue weighted by Crippen LogP contribution is 2.40. The Balaban J connectivity index is 1.60. The first-order valence-electron chi connectivity index (χ1n) is 8.62. The van der Waals surface area contributed by atoms with Crippen molar-refractivity contribution in [3.05, 3.63) is 18.2 Å². The Hall–Kier alpha value is -2.32. The monoisotopic (exact) mass is 346 g/mol. The van der Waals surface area contributed by atoms with Crippen molar-refractivity contribution in [3.8, 4) is 5.75 Å². The standard InChI is InChI=1S/C17H22N4O4/c1-2-19-5-6-20(16(22)9-19)11-3-4-12-14(7-11)24-10-13-15(8-18)25-17(23)21(12)13/h3-4,7,13,15H,2,5-6,8-10,18H2,1H3/t13-,15-/m0/s1. The lowest BCUT2D eigenvalue weighted by atomic mass is 10.1. The molecule has 8 nitrogen and oxygen atoms in total. The minimum absolute atomic E-state index is 0.0745. The van der Waals surface area contributed by atoms with Gasteiger partial charge in [-0.15, -0.1) is 0 Å². The van der Waals surface area contributed by atoms with Crippen LogP contribution in [0.2, 0.25) is 0 Å². The lowest BCUT2D eigenvalue weighted by Crippen LogP contribution is -2.50. The number of hydrogen-bond acceptors (Lipinski definition) is 6. The predicted molar refractivity (Wildman–Crippen MR) is 92.0 cm³/mol. The van der Waals surface area contributed by atoms with E-state index in [-0.39, 0.29) is 24.6 Å². The molecule has 0 unspecified atom stereocenters. The quantitative estimate of drug-likeness (QED) is 0.852. The summed E-state index contributed by atoms with van der Waals surface area (Å²) in [5.41, 5.74) is 7.13. The summed E-state index contributed by atoms with van der Waals surface area (Å²) in [6.07, 6.45) is -0.755. The van der Waals surface area contributed by atoms with Crippen molar-refractivity contribution >= 4 is 23.4 Å². The Morgan fingerprint density at radius 2 is 2.12 bits per heavy atom. The number of nitrogens with zero attached hydrogens (tertiary/aromatic N) is 3. The smallest absolute Gasteiger partial charge is 0.415 e. The highest BCUT2D eigenvalue weighted by Gasteiger charge is 2.46. The van der Waals surface area contributed by atoms with Crippen molar-refractivity contribution in [2.75, 3.05) is 49.1 Å². The summed E-state index contributed by atoms with van der Waals surface area (Å²) >= 11 is 0. The van der Waals surface area contributed by atoms with Gasteiger partial charge in [0.15, 0.2) is 0 Å². The summed E-state index contributed by atoms with van der Waals surface area (Å²) in [7, 11) is 0. The molecule has 2 amide bonds. The first-order chi connectivity index (χ1) is 12.1. The molecule has 0 aliphatic carbocycles. The number of piperazine rings is 1. The van der Waals surface area contributed by atoms with Crippen molar-refractivity contribution in [2.24, 2.45) is 5.73 Å². The number of anilines is 2. The minimum atomic E-state index is -0.398. The Morgan fingerprint density at radius 3 is 2.84 bits per heavy atom. The second kappa shape index (κ2) is 6.20. The van der Waals surface area contributed by atoms with Gasteiger partial charge in [0.25, 0.3) is 0 Å². The molecule has 2 N–H and O–H groups in total. The zero-order valence-electron chi connectivity index (χ0n) is 14.2. The number of carbonyl (C=O) groups excluding carboxylic acids is 2. The van der Waals surface area contributed by atoms with E-state index in [2.05, 4.69) is 11.8 Å². The summed E-state index contributed by atoms with van der Waals surface area (Å²) in [4.78, 5) is 30.1. The average Bonchev–Trinajstić information content (AvgIpc) is 2.97. The third-order valence-corrected chi connectivity index (χ3v) is 5.11. The highest BCUT2D eigenvalue weighted by molar-refractivity contribution is 5.97. The molecule has 2 fully saturated rings. The van der Waals surface area contributed by atoms with E-state index in [1.54, 1.807) is 9.80 Å². The Morgan fingerprint density at radius 1 is 1.28 bits per heavy atom. The van der Waals surface area contributed by atoms with Gasteiger partial charge in [0.1, 0.15) is 24.5 Å². The fraction of sp³-hybridized carbons (Fsp3) is 0.529. The number of likely N-dealkylation sites (N-methyl/N-ethyl adjacent to an activating group) is 1. The zero-order chi connectivity index (χ0) is 17.6. The molecular weight excluding hydrogens is 324 g/mol. The van der Waals surface area contributed by atoms with Gasteiger partial charge in [0.05, 0.1) is 12.2 Å². The molecule has 8 heteroatoms. The number of nitrogens with two attached hydrogens (primary N) is 1. The van der Waals surface area contributed by atoms with Crippen LogP contribution in [-0.4, -0.2) is 68.4 Å². The maximum atomic E-state index is 12.4. The third-order valence-electron chi connectivity index (χ3n) is 5.11. The molecule has 4 rings (SSSR count). The molecule has 134 valence electrons. The number of hydrogen-bond donors (Lipinski definition) is 1. The van der Waals surface area contributed by atoms with E-state index in [1.807, 2.05) is 18.2 Å². The number of ether oxygens (including phenoxy) is 2. The molecule has 3 aliphatic rings. The first-order valence-corrected chi connectivity index (χ1v) is 8.62. The van der Waals surface area contributed by atoms with Gasteiger partial charge in [-0.05, 0) is 18.7 Å². The second-order valence-electron chi connectivity index (χ2n) is 6.47. The van der Waals surface area contributed by atoms with Crippen molar-refractivity contribution in [1.29, 1.82) is 0 Å². The van der Waals surface area contributed by atoms with Crippen LogP contribution in [0.3, 0.4) is 0 Å². The third kappa shape index (κ3) is 2.61. The summed E-state index contributed by atoms with van der Waals surface area (Å²) in [5.74, 6) is 0.666. The van der Waals surface area contributed by atoms with Crippen LogP contribution in [0.1, 0.15) is 6.92 Å². The van der Waals surface area contributed by atoms with Gasteiger partial charge in [0.2, 0.25) is 5.91 Å². The molecular formula is C17H22N4O4. The number of rotatable bonds is 3. The molecule has 0 saturated carbocycles. The van der Waals surface area contributed by atoms with E-state index in [4.69, 9.17) is 15.2 Å². The average molecular weight is 346 g/mol. The number of fused-ring (bicyclic) bond motifs is 3. The topological polar surface area (TPSA) is 88.3 Å². The molecule has 25 heavy (non-hydrogen) atoms. The van der Waals surface area contributed by atoms with Crippen LogP contribution in [0.15, 0.2) is 18.2 Å². The molecule has 0 bridgehead atoms. The Kier molecular flexibility index (Phi) is 4.01.